The van der Waals surface area contributed by atoms with Gasteiger partial charge in [-0.3, -0.25) is 4.79 Å². The van der Waals surface area contributed by atoms with E-state index in [2.05, 4.69) is 5.32 Å². The Morgan fingerprint density at radius 3 is 2.24 bits per heavy atom. The summed E-state index contributed by atoms with van der Waals surface area (Å²) in [5, 5.41) is 2.87. The van der Waals surface area contributed by atoms with E-state index in [-0.39, 0.29) is 11.1 Å². The lowest BCUT2D eigenvalue weighted by Gasteiger charge is -2.34. The molecule has 0 aromatic heterocycles. The van der Waals surface area contributed by atoms with Gasteiger partial charge in [-0.1, -0.05) is 54.6 Å². The van der Waals surface area contributed by atoms with Gasteiger partial charge in [0, 0.05) is 12.1 Å². The van der Waals surface area contributed by atoms with Crippen LogP contribution in [-0.4, -0.2) is 43.9 Å². The minimum absolute atomic E-state index is 0.144. The fraction of sp³-hybridized carbons (Fsp3) is 0.200. The average molecular weight is 498 g/mol. The number of hydrogen-bond donors (Lipinski definition) is 1. The van der Waals surface area contributed by atoms with Crippen LogP contribution >= 0.6 is 0 Å². The molecule has 3 aromatic carbocycles. The fourth-order valence-corrected chi connectivity index (χ4v) is 4.77. The Morgan fingerprint density at radius 1 is 0.919 bits per heavy atom. The van der Waals surface area contributed by atoms with Crippen LogP contribution < -0.4 is 14.8 Å². The third kappa shape index (κ3) is 4.73. The SMILES string of the molecule is COC(=O)C1=C(C(=O)Nc2ccc(OC)cc2)C2C=CC1(C(Cc1ccccc1)Oc1ccccc1)O2. The molecule has 3 unspecified atom stereocenters. The first-order valence-electron chi connectivity index (χ1n) is 11.9. The average Bonchev–Trinajstić information content (AvgIpc) is 3.52. The molecule has 0 fully saturated rings. The van der Waals surface area contributed by atoms with E-state index in [4.69, 9.17) is 18.9 Å². The van der Waals surface area contributed by atoms with Crippen molar-refractivity contribution in [2.24, 2.45) is 0 Å². The number of rotatable bonds is 9. The molecular formula is C30H27NO6. The van der Waals surface area contributed by atoms with E-state index in [1.165, 1.54) is 7.11 Å². The summed E-state index contributed by atoms with van der Waals surface area (Å²) in [6.45, 7) is 0. The molecular weight excluding hydrogens is 470 g/mol. The van der Waals surface area contributed by atoms with E-state index < -0.39 is 29.7 Å². The van der Waals surface area contributed by atoms with E-state index >= 15 is 0 Å². The van der Waals surface area contributed by atoms with E-state index in [0.29, 0.717) is 23.6 Å². The first-order chi connectivity index (χ1) is 18.0. The van der Waals surface area contributed by atoms with Crippen LogP contribution in [0.3, 0.4) is 0 Å². The molecule has 2 aliphatic rings. The predicted molar refractivity (Wildman–Crippen MR) is 138 cm³/mol. The zero-order chi connectivity index (χ0) is 25.8. The summed E-state index contributed by atoms with van der Waals surface area (Å²) >= 11 is 0. The maximum Gasteiger partial charge on any atom is 0.337 e. The zero-order valence-corrected chi connectivity index (χ0v) is 20.5. The van der Waals surface area contributed by atoms with Gasteiger partial charge in [-0.05, 0) is 48.0 Å². The number of amides is 1. The van der Waals surface area contributed by atoms with Crippen molar-refractivity contribution in [1.82, 2.24) is 0 Å². The van der Waals surface area contributed by atoms with Gasteiger partial charge in [-0.15, -0.1) is 0 Å². The normalized spacial score (nSPS) is 20.4. The van der Waals surface area contributed by atoms with Crippen LogP contribution in [0, 0.1) is 0 Å². The molecule has 2 aliphatic heterocycles. The third-order valence-corrected chi connectivity index (χ3v) is 6.53. The van der Waals surface area contributed by atoms with Gasteiger partial charge in [0.2, 0.25) is 0 Å². The summed E-state index contributed by atoms with van der Waals surface area (Å²) in [6, 6.07) is 26.1. The molecule has 3 atom stereocenters. The predicted octanol–water partition coefficient (Wildman–Crippen LogP) is 4.50. The molecule has 7 heteroatoms. The lowest BCUT2D eigenvalue weighted by Crippen LogP contribution is -2.48. The Balaban J connectivity index is 1.54. The fourth-order valence-electron chi connectivity index (χ4n) is 4.77. The Hall–Kier alpha value is -4.36. The maximum atomic E-state index is 13.5. The highest BCUT2D eigenvalue weighted by molar-refractivity contribution is 6.12. The highest BCUT2D eigenvalue weighted by atomic mass is 16.6. The summed E-state index contributed by atoms with van der Waals surface area (Å²) in [5.74, 6) is 0.208. The van der Waals surface area contributed by atoms with Crippen molar-refractivity contribution in [1.29, 1.82) is 0 Å². The van der Waals surface area contributed by atoms with Crippen LogP contribution in [0.2, 0.25) is 0 Å². The van der Waals surface area contributed by atoms with Crippen LogP contribution in [0.15, 0.2) is 108 Å². The topological polar surface area (TPSA) is 83.1 Å². The van der Waals surface area contributed by atoms with Gasteiger partial charge in [-0.25, -0.2) is 4.79 Å². The molecule has 2 bridgehead atoms. The number of nitrogens with one attached hydrogen (secondary N) is 1. The first-order valence-corrected chi connectivity index (χ1v) is 11.9. The smallest absolute Gasteiger partial charge is 0.337 e. The highest BCUT2D eigenvalue weighted by Crippen LogP contribution is 2.48. The quantitative estimate of drug-likeness (QED) is 0.346. The van der Waals surface area contributed by atoms with Crippen LogP contribution in [0.5, 0.6) is 11.5 Å². The Labute approximate surface area is 215 Å². The molecule has 7 nitrogen and oxygen atoms in total. The number of carbonyl (C=O) groups is 2. The lowest BCUT2D eigenvalue weighted by molar-refractivity contribution is -0.139. The summed E-state index contributed by atoms with van der Waals surface area (Å²) in [4.78, 5) is 26.7. The molecule has 1 amide bonds. The van der Waals surface area contributed by atoms with Gasteiger partial charge in [0.05, 0.1) is 25.4 Å². The number of carbonyl (C=O) groups excluding carboxylic acids is 2. The van der Waals surface area contributed by atoms with Gasteiger partial charge in [-0.2, -0.15) is 0 Å². The van der Waals surface area contributed by atoms with Gasteiger partial charge >= 0.3 is 5.97 Å². The number of methoxy groups -OCH3 is 2. The summed E-state index contributed by atoms with van der Waals surface area (Å²) in [7, 11) is 2.87. The van der Waals surface area contributed by atoms with E-state index in [1.807, 2.05) is 66.7 Å². The highest BCUT2D eigenvalue weighted by Gasteiger charge is 2.59. The summed E-state index contributed by atoms with van der Waals surface area (Å²) < 4.78 is 23.2. The van der Waals surface area contributed by atoms with Crippen LogP contribution in [0.4, 0.5) is 5.69 Å². The molecule has 0 spiro atoms. The minimum atomic E-state index is -1.31. The van der Waals surface area contributed by atoms with E-state index in [9.17, 15) is 9.59 Å². The number of esters is 1. The first kappa shape index (κ1) is 24.3. The molecule has 0 saturated carbocycles. The summed E-state index contributed by atoms with van der Waals surface area (Å²) in [6.07, 6.45) is 2.66. The number of benzene rings is 3. The molecule has 37 heavy (non-hydrogen) atoms. The van der Waals surface area contributed by atoms with Crippen LogP contribution in [0.1, 0.15) is 5.56 Å². The summed E-state index contributed by atoms with van der Waals surface area (Å²) in [5.41, 5.74) is 0.601. The molecule has 0 radical (unpaired) electrons. The number of hydrogen-bond acceptors (Lipinski definition) is 6. The van der Waals surface area contributed by atoms with Gasteiger partial charge in [0.25, 0.3) is 5.91 Å². The molecule has 5 rings (SSSR count). The molecule has 2 heterocycles. The molecule has 0 aliphatic carbocycles. The van der Waals surface area contributed by atoms with Crippen molar-refractivity contribution >= 4 is 17.6 Å². The maximum absolute atomic E-state index is 13.5. The van der Waals surface area contributed by atoms with Gasteiger partial charge < -0.3 is 24.3 Å². The molecule has 1 N–H and O–H groups in total. The third-order valence-electron chi connectivity index (χ3n) is 6.53. The number of para-hydroxylation sites is 1. The van der Waals surface area contributed by atoms with Crippen molar-refractivity contribution in [2.45, 2.75) is 24.2 Å². The second kappa shape index (κ2) is 10.3. The van der Waals surface area contributed by atoms with Gasteiger partial charge in [0.15, 0.2) is 5.60 Å². The van der Waals surface area contributed by atoms with Crippen molar-refractivity contribution in [2.75, 3.05) is 19.5 Å². The Kier molecular flexibility index (Phi) is 6.79. The monoisotopic (exact) mass is 497 g/mol. The van der Waals surface area contributed by atoms with Crippen molar-refractivity contribution in [3.63, 3.8) is 0 Å². The van der Waals surface area contributed by atoms with Crippen LogP contribution in [0.25, 0.3) is 0 Å². The minimum Gasteiger partial charge on any atom is -0.497 e. The second-order valence-corrected chi connectivity index (χ2v) is 8.76. The lowest BCUT2D eigenvalue weighted by atomic mass is 9.80. The zero-order valence-electron chi connectivity index (χ0n) is 20.5. The van der Waals surface area contributed by atoms with Crippen molar-refractivity contribution in [3.8, 4) is 11.5 Å². The second-order valence-electron chi connectivity index (χ2n) is 8.76. The molecule has 188 valence electrons. The number of anilines is 1. The Morgan fingerprint density at radius 2 is 1.59 bits per heavy atom. The largest absolute Gasteiger partial charge is 0.497 e. The standard InChI is InChI=1S/C30H27NO6/c1-34-22-15-13-21(14-16-22)31-28(32)26-24-17-18-30(37-24,27(26)29(33)35-2)25(19-20-9-5-3-6-10-20)36-23-11-7-4-8-12-23/h3-18,24-25H,19H2,1-2H3,(H,31,32). The van der Waals surface area contributed by atoms with E-state index in [0.717, 1.165) is 5.56 Å². The van der Waals surface area contributed by atoms with Crippen LogP contribution in [-0.2, 0) is 25.5 Å². The number of ether oxygens (including phenoxy) is 4. The number of fused-ring (bicyclic) bond motifs is 2. The molecule has 0 saturated heterocycles. The van der Waals surface area contributed by atoms with Crippen molar-refractivity contribution < 1.29 is 28.5 Å². The van der Waals surface area contributed by atoms with E-state index in [1.54, 1.807) is 37.5 Å². The Bertz CT molecular complexity index is 1290. The van der Waals surface area contributed by atoms with Crippen molar-refractivity contribution in [3.05, 3.63) is 114 Å². The molecule has 3 aromatic rings. The van der Waals surface area contributed by atoms with Gasteiger partial charge in [0.1, 0.15) is 23.7 Å².